The van der Waals surface area contributed by atoms with E-state index in [1.807, 2.05) is 0 Å². The Balaban J connectivity index is 1.67. The first-order valence-electron chi connectivity index (χ1n) is 10.5. The minimum Gasteiger partial charge on any atom is -0.365 e. The Labute approximate surface area is 194 Å². The molecule has 0 bridgehead atoms. The molecule has 0 aliphatic heterocycles. The van der Waals surface area contributed by atoms with Crippen LogP contribution in [0, 0.1) is 11.6 Å². The number of amides is 1. The van der Waals surface area contributed by atoms with Gasteiger partial charge in [0, 0.05) is 29.5 Å². The number of anilines is 3. The summed E-state index contributed by atoms with van der Waals surface area (Å²) in [6, 6.07) is 8.55. The van der Waals surface area contributed by atoms with E-state index in [4.69, 9.17) is 23.1 Å². The number of hydrogen-bond donors (Lipinski definition) is 4. The Morgan fingerprint density at radius 1 is 1.12 bits per heavy atom. The number of nitrogens with two attached hydrogens (primary N) is 2. The molecule has 1 aliphatic rings. The van der Waals surface area contributed by atoms with Gasteiger partial charge in [0.1, 0.15) is 5.82 Å². The maximum atomic E-state index is 14.7. The Morgan fingerprint density at radius 2 is 1.91 bits per heavy atom. The molecule has 0 radical (unpaired) electrons. The number of primary amides is 1. The highest BCUT2D eigenvalue weighted by Gasteiger charge is 2.24. The van der Waals surface area contributed by atoms with Crippen LogP contribution in [0.25, 0.3) is 11.3 Å². The van der Waals surface area contributed by atoms with E-state index in [0.717, 1.165) is 31.7 Å². The lowest BCUT2D eigenvalue weighted by atomic mass is 9.91. The number of halogens is 3. The van der Waals surface area contributed by atoms with Crippen LogP contribution >= 0.6 is 11.6 Å². The Kier molecular flexibility index (Phi) is 6.71. The summed E-state index contributed by atoms with van der Waals surface area (Å²) >= 11 is 5.88. The van der Waals surface area contributed by atoms with Gasteiger partial charge in [0.25, 0.3) is 5.91 Å². The van der Waals surface area contributed by atoms with Gasteiger partial charge in [-0.25, -0.2) is 13.8 Å². The molecular formula is C23H23ClF2N6O. The third-order valence-electron chi connectivity index (χ3n) is 5.63. The lowest BCUT2D eigenvalue weighted by molar-refractivity contribution is 0.100. The molecule has 33 heavy (non-hydrogen) atoms. The predicted molar refractivity (Wildman–Crippen MR) is 124 cm³/mol. The molecule has 172 valence electrons. The van der Waals surface area contributed by atoms with Gasteiger partial charge in [-0.2, -0.15) is 0 Å². The molecule has 1 aromatic carbocycles. The first kappa shape index (κ1) is 22.9. The van der Waals surface area contributed by atoms with Crippen molar-refractivity contribution >= 4 is 34.8 Å². The number of nitrogens with one attached hydrogen (secondary N) is 2. The molecule has 4 rings (SSSR count). The lowest BCUT2D eigenvalue weighted by Crippen LogP contribution is -2.43. The van der Waals surface area contributed by atoms with Crippen molar-refractivity contribution in [3.63, 3.8) is 0 Å². The van der Waals surface area contributed by atoms with E-state index in [0.29, 0.717) is 11.4 Å². The fourth-order valence-corrected chi connectivity index (χ4v) is 4.06. The predicted octanol–water partition coefficient (Wildman–Crippen LogP) is 4.60. The van der Waals surface area contributed by atoms with Crippen molar-refractivity contribution in [3.8, 4) is 11.3 Å². The summed E-state index contributed by atoms with van der Waals surface area (Å²) in [5.74, 6) is -2.13. The first-order valence-corrected chi connectivity index (χ1v) is 10.9. The van der Waals surface area contributed by atoms with Gasteiger partial charge in [0.05, 0.1) is 16.3 Å². The highest BCUT2D eigenvalue weighted by atomic mass is 35.5. The van der Waals surface area contributed by atoms with Crippen LogP contribution in [0.3, 0.4) is 0 Å². The normalized spacial score (nSPS) is 18.1. The second kappa shape index (κ2) is 9.68. The lowest BCUT2D eigenvalue weighted by Gasteiger charge is -2.30. The molecule has 1 unspecified atom stereocenters. The minimum absolute atomic E-state index is 0.0273. The molecule has 1 aliphatic carbocycles. The van der Waals surface area contributed by atoms with Crippen LogP contribution in [-0.4, -0.2) is 28.0 Å². The number of aromatic nitrogens is 2. The summed E-state index contributed by atoms with van der Waals surface area (Å²) in [7, 11) is 0. The van der Waals surface area contributed by atoms with E-state index in [1.54, 1.807) is 24.3 Å². The second-order valence-corrected chi connectivity index (χ2v) is 8.34. The second-order valence-electron chi connectivity index (χ2n) is 7.93. The van der Waals surface area contributed by atoms with Crippen LogP contribution < -0.4 is 22.1 Å². The minimum atomic E-state index is -0.847. The van der Waals surface area contributed by atoms with Crippen molar-refractivity contribution in [1.29, 1.82) is 0 Å². The molecule has 2 heterocycles. The van der Waals surface area contributed by atoms with Gasteiger partial charge in [0.15, 0.2) is 17.5 Å². The number of benzene rings is 1. The molecule has 1 fully saturated rings. The van der Waals surface area contributed by atoms with Crippen molar-refractivity contribution in [3.05, 3.63) is 64.8 Å². The van der Waals surface area contributed by atoms with E-state index in [9.17, 15) is 13.6 Å². The van der Waals surface area contributed by atoms with Crippen molar-refractivity contribution in [1.82, 2.24) is 9.97 Å². The number of carbonyl (C=O) groups excluding carboxylic acids is 1. The van der Waals surface area contributed by atoms with Gasteiger partial charge in [-0.1, -0.05) is 30.5 Å². The SMILES string of the molecule is NC(=O)c1cc(F)c(N[C@@H]2CCCCC2N)nc1Nc1ccnc(-c2cccc(Cl)c2F)c1. The monoisotopic (exact) mass is 472 g/mol. The molecule has 6 N–H and O–H groups in total. The highest BCUT2D eigenvalue weighted by molar-refractivity contribution is 6.31. The largest absolute Gasteiger partial charge is 0.365 e. The van der Waals surface area contributed by atoms with E-state index < -0.39 is 17.5 Å². The zero-order chi connectivity index (χ0) is 23.5. The molecule has 2 aromatic heterocycles. The van der Waals surface area contributed by atoms with Crippen LogP contribution in [0.2, 0.25) is 5.02 Å². The first-order chi connectivity index (χ1) is 15.8. The molecule has 1 saturated carbocycles. The quantitative estimate of drug-likeness (QED) is 0.416. The highest BCUT2D eigenvalue weighted by Crippen LogP contribution is 2.30. The van der Waals surface area contributed by atoms with Crippen molar-refractivity contribution in [2.75, 3.05) is 10.6 Å². The molecule has 7 nitrogen and oxygen atoms in total. The Morgan fingerprint density at radius 3 is 2.67 bits per heavy atom. The van der Waals surface area contributed by atoms with E-state index >= 15 is 0 Å². The summed E-state index contributed by atoms with van der Waals surface area (Å²) in [6.45, 7) is 0. The molecular weight excluding hydrogens is 450 g/mol. The molecule has 1 amide bonds. The number of rotatable bonds is 6. The maximum Gasteiger partial charge on any atom is 0.252 e. The molecule has 3 aromatic rings. The van der Waals surface area contributed by atoms with Gasteiger partial charge in [-0.05, 0) is 43.2 Å². The zero-order valence-electron chi connectivity index (χ0n) is 17.6. The average Bonchev–Trinajstić information content (AvgIpc) is 2.79. The van der Waals surface area contributed by atoms with Gasteiger partial charge in [-0.15, -0.1) is 0 Å². The fourth-order valence-electron chi connectivity index (χ4n) is 3.88. The summed E-state index contributed by atoms with van der Waals surface area (Å²) in [5, 5.41) is 6.00. The number of hydrogen-bond acceptors (Lipinski definition) is 6. The number of pyridine rings is 2. The number of nitrogens with zero attached hydrogens (tertiary/aromatic N) is 2. The maximum absolute atomic E-state index is 14.7. The average molecular weight is 473 g/mol. The van der Waals surface area contributed by atoms with Crippen LogP contribution in [0.4, 0.5) is 26.1 Å². The van der Waals surface area contributed by atoms with Gasteiger partial charge in [0.2, 0.25) is 0 Å². The Bertz CT molecular complexity index is 1190. The van der Waals surface area contributed by atoms with E-state index in [2.05, 4.69) is 20.6 Å². The topological polar surface area (TPSA) is 119 Å². The van der Waals surface area contributed by atoms with Crippen molar-refractivity contribution in [2.24, 2.45) is 11.5 Å². The van der Waals surface area contributed by atoms with E-state index in [-0.39, 0.29) is 39.9 Å². The van der Waals surface area contributed by atoms with Crippen molar-refractivity contribution in [2.45, 2.75) is 37.8 Å². The summed E-state index contributed by atoms with van der Waals surface area (Å²) in [5.41, 5.74) is 12.5. The van der Waals surface area contributed by atoms with Gasteiger partial charge >= 0.3 is 0 Å². The van der Waals surface area contributed by atoms with Gasteiger partial charge < -0.3 is 22.1 Å². The number of carbonyl (C=O) groups is 1. The standard InChI is InChI=1S/C23H23ClF2N6O/c24-15-5-3-4-13(20(15)26)19-10-12(8-9-29-19)30-22-14(21(28)33)11-16(25)23(32-22)31-18-7-2-1-6-17(18)27/h3-5,8-11,17-18H,1-2,6-7,27H2,(H2,28,33)(H2,29,30,31,32)/t17?,18-/m1/s1. The van der Waals surface area contributed by atoms with E-state index in [1.165, 1.54) is 12.3 Å². The fraction of sp³-hybridized carbons (Fsp3) is 0.261. The smallest absolute Gasteiger partial charge is 0.252 e. The zero-order valence-corrected chi connectivity index (χ0v) is 18.4. The molecule has 10 heteroatoms. The van der Waals surface area contributed by atoms with Gasteiger partial charge in [-0.3, -0.25) is 9.78 Å². The molecule has 2 atom stereocenters. The third-order valence-corrected chi connectivity index (χ3v) is 5.93. The van der Waals surface area contributed by atoms with Crippen LogP contribution in [0.15, 0.2) is 42.6 Å². The summed E-state index contributed by atoms with van der Waals surface area (Å²) in [6.07, 6.45) is 5.11. The van der Waals surface area contributed by atoms with Crippen molar-refractivity contribution < 1.29 is 13.6 Å². The van der Waals surface area contributed by atoms with Crippen LogP contribution in [-0.2, 0) is 0 Å². The molecule has 0 spiro atoms. The molecule has 0 saturated heterocycles. The van der Waals surface area contributed by atoms with Crippen LogP contribution in [0.5, 0.6) is 0 Å². The van der Waals surface area contributed by atoms with Crippen LogP contribution in [0.1, 0.15) is 36.0 Å². The Hall–Kier alpha value is -3.30. The summed E-state index contributed by atoms with van der Waals surface area (Å²) in [4.78, 5) is 20.4. The third kappa shape index (κ3) is 5.04. The summed E-state index contributed by atoms with van der Waals surface area (Å²) < 4.78 is 29.2.